The Kier molecular flexibility index (Phi) is 4.94. The summed E-state index contributed by atoms with van der Waals surface area (Å²) in [5, 5.41) is -0.600. The van der Waals surface area contributed by atoms with Crippen molar-refractivity contribution >= 4 is 27.0 Å². The third-order valence-corrected chi connectivity index (χ3v) is 6.46. The summed E-state index contributed by atoms with van der Waals surface area (Å²) >= 11 is 5.21. The van der Waals surface area contributed by atoms with Crippen molar-refractivity contribution in [2.45, 2.75) is 31.4 Å². The summed E-state index contributed by atoms with van der Waals surface area (Å²) in [6.45, 7) is 4.70. The molecular formula is C16H23NO3S2. The molecule has 0 saturated heterocycles. The maximum Gasteiger partial charge on any atom is 0.152 e. The van der Waals surface area contributed by atoms with Gasteiger partial charge >= 0.3 is 0 Å². The fourth-order valence-electron chi connectivity index (χ4n) is 3.27. The third kappa shape index (κ3) is 2.92. The standard InChI is InChI=1S/C16H23NO3S2/c1-4-11-6-8-12(9-7-11)13-14(22(3,18)19)16(13,15(17)21)10-20-5-2/h6-9,13-14H,4-5,10H2,1-3H3,(H2,17,21). The minimum atomic E-state index is -3.27. The maximum atomic E-state index is 12.2. The molecule has 2 rings (SSSR count). The van der Waals surface area contributed by atoms with Crippen LogP contribution in [-0.2, 0) is 21.0 Å². The Morgan fingerprint density at radius 2 is 1.91 bits per heavy atom. The van der Waals surface area contributed by atoms with Crippen molar-refractivity contribution in [2.75, 3.05) is 19.5 Å². The minimum absolute atomic E-state index is 0.223. The predicted molar refractivity (Wildman–Crippen MR) is 92.9 cm³/mol. The van der Waals surface area contributed by atoms with E-state index in [2.05, 4.69) is 6.92 Å². The number of sulfone groups is 1. The summed E-state index contributed by atoms with van der Waals surface area (Å²) in [5.74, 6) is -0.225. The van der Waals surface area contributed by atoms with Crippen molar-refractivity contribution < 1.29 is 13.2 Å². The fraction of sp³-hybridized carbons (Fsp3) is 0.562. The Morgan fingerprint density at radius 3 is 2.32 bits per heavy atom. The highest BCUT2D eigenvalue weighted by Gasteiger charge is 2.71. The van der Waals surface area contributed by atoms with Gasteiger partial charge in [0.2, 0.25) is 0 Å². The van der Waals surface area contributed by atoms with E-state index >= 15 is 0 Å². The Hall–Kier alpha value is -0.980. The zero-order valence-corrected chi connectivity index (χ0v) is 14.8. The lowest BCUT2D eigenvalue weighted by atomic mass is 9.98. The van der Waals surface area contributed by atoms with Crippen molar-refractivity contribution in [3.8, 4) is 0 Å². The van der Waals surface area contributed by atoms with Gasteiger partial charge in [0.25, 0.3) is 0 Å². The van der Waals surface area contributed by atoms with E-state index in [-0.39, 0.29) is 17.5 Å². The first-order chi connectivity index (χ1) is 10.3. The van der Waals surface area contributed by atoms with E-state index < -0.39 is 20.5 Å². The molecule has 0 aliphatic heterocycles. The molecule has 1 aliphatic carbocycles. The highest BCUT2D eigenvalue weighted by molar-refractivity contribution is 7.92. The average Bonchev–Trinajstić information content (AvgIpc) is 3.16. The molecular weight excluding hydrogens is 318 g/mol. The zero-order valence-electron chi connectivity index (χ0n) is 13.2. The van der Waals surface area contributed by atoms with Crippen LogP contribution in [0, 0.1) is 5.41 Å². The topological polar surface area (TPSA) is 69.4 Å². The molecule has 6 heteroatoms. The SMILES string of the molecule is CCOCC1(C(N)=S)C(c2ccc(CC)cc2)C1S(C)(=O)=O. The molecule has 22 heavy (non-hydrogen) atoms. The molecule has 0 heterocycles. The second kappa shape index (κ2) is 6.26. The van der Waals surface area contributed by atoms with Crippen molar-refractivity contribution in [2.24, 2.45) is 11.1 Å². The van der Waals surface area contributed by atoms with Crippen molar-refractivity contribution in [3.05, 3.63) is 35.4 Å². The number of ether oxygens (including phenoxy) is 1. The van der Waals surface area contributed by atoms with Crippen LogP contribution in [0.3, 0.4) is 0 Å². The van der Waals surface area contributed by atoms with Gasteiger partial charge in [-0.25, -0.2) is 8.42 Å². The van der Waals surface area contributed by atoms with Crippen molar-refractivity contribution in [1.82, 2.24) is 0 Å². The summed E-state index contributed by atoms with van der Waals surface area (Å²) in [6, 6.07) is 8.01. The largest absolute Gasteiger partial charge is 0.393 e. The number of hydrogen-bond acceptors (Lipinski definition) is 4. The van der Waals surface area contributed by atoms with E-state index in [1.165, 1.54) is 11.8 Å². The Bertz CT molecular complexity index is 654. The van der Waals surface area contributed by atoms with E-state index in [9.17, 15) is 8.42 Å². The van der Waals surface area contributed by atoms with Gasteiger partial charge in [0.15, 0.2) is 9.84 Å². The first kappa shape index (κ1) is 17.4. The number of benzene rings is 1. The summed E-state index contributed by atoms with van der Waals surface area (Å²) in [4.78, 5) is 0.223. The molecule has 4 nitrogen and oxygen atoms in total. The van der Waals surface area contributed by atoms with Crippen LogP contribution in [0.2, 0.25) is 0 Å². The number of thiocarbonyl (C=S) groups is 1. The smallest absolute Gasteiger partial charge is 0.152 e. The van der Waals surface area contributed by atoms with Crippen LogP contribution in [0.1, 0.15) is 30.9 Å². The monoisotopic (exact) mass is 341 g/mol. The molecule has 122 valence electrons. The van der Waals surface area contributed by atoms with E-state index in [0.717, 1.165) is 12.0 Å². The summed E-state index contributed by atoms with van der Waals surface area (Å²) in [6.07, 6.45) is 2.19. The average molecular weight is 341 g/mol. The van der Waals surface area contributed by atoms with Crippen molar-refractivity contribution in [1.29, 1.82) is 0 Å². The Morgan fingerprint density at radius 1 is 1.32 bits per heavy atom. The number of aryl methyl sites for hydroxylation is 1. The van der Waals surface area contributed by atoms with Crippen molar-refractivity contribution in [3.63, 3.8) is 0 Å². The molecule has 3 unspecified atom stereocenters. The van der Waals surface area contributed by atoms with Gasteiger partial charge in [0, 0.05) is 18.8 Å². The molecule has 2 N–H and O–H groups in total. The lowest BCUT2D eigenvalue weighted by molar-refractivity contribution is 0.121. The van der Waals surface area contributed by atoms with E-state index in [0.29, 0.717) is 6.61 Å². The van der Waals surface area contributed by atoms with Crippen LogP contribution in [0.15, 0.2) is 24.3 Å². The van der Waals surface area contributed by atoms with E-state index in [1.54, 1.807) is 0 Å². The zero-order chi connectivity index (χ0) is 16.5. The van der Waals surface area contributed by atoms with Crippen LogP contribution in [0.4, 0.5) is 0 Å². The molecule has 1 aliphatic rings. The van der Waals surface area contributed by atoms with Gasteiger partial charge in [-0.2, -0.15) is 0 Å². The van der Waals surface area contributed by atoms with Crippen LogP contribution in [-0.4, -0.2) is 38.1 Å². The van der Waals surface area contributed by atoms with Gasteiger partial charge in [-0.05, 0) is 24.5 Å². The van der Waals surface area contributed by atoms with Gasteiger partial charge < -0.3 is 10.5 Å². The molecule has 0 radical (unpaired) electrons. The lowest BCUT2D eigenvalue weighted by Gasteiger charge is -2.16. The molecule has 3 atom stereocenters. The van der Waals surface area contributed by atoms with Crippen LogP contribution in [0.25, 0.3) is 0 Å². The van der Waals surface area contributed by atoms with Gasteiger partial charge in [-0.1, -0.05) is 43.4 Å². The van der Waals surface area contributed by atoms with Gasteiger partial charge in [0.1, 0.15) is 0 Å². The highest BCUT2D eigenvalue weighted by atomic mass is 32.2. The van der Waals surface area contributed by atoms with Gasteiger partial charge in [-0.15, -0.1) is 0 Å². The molecule has 1 aromatic rings. The van der Waals surface area contributed by atoms with Crippen LogP contribution < -0.4 is 5.73 Å². The van der Waals surface area contributed by atoms with Crippen LogP contribution >= 0.6 is 12.2 Å². The first-order valence-corrected chi connectivity index (χ1v) is 9.80. The minimum Gasteiger partial charge on any atom is -0.393 e. The molecule has 1 fully saturated rings. The fourth-order valence-corrected chi connectivity index (χ4v) is 5.58. The van der Waals surface area contributed by atoms with E-state index in [1.807, 2.05) is 31.2 Å². The molecule has 1 saturated carbocycles. The summed E-state index contributed by atoms with van der Waals surface area (Å²) in [7, 11) is -3.27. The quantitative estimate of drug-likeness (QED) is 0.769. The first-order valence-electron chi connectivity index (χ1n) is 7.44. The van der Waals surface area contributed by atoms with Gasteiger partial charge in [0.05, 0.1) is 22.3 Å². The molecule has 1 aromatic carbocycles. The second-order valence-corrected chi connectivity index (χ2v) is 8.47. The number of nitrogens with two attached hydrogens (primary N) is 1. The van der Waals surface area contributed by atoms with Gasteiger partial charge in [-0.3, -0.25) is 0 Å². The highest BCUT2D eigenvalue weighted by Crippen LogP contribution is 2.63. The van der Waals surface area contributed by atoms with E-state index in [4.69, 9.17) is 22.7 Å². The predicted octanol–water partition coefficient (Wildman–Crippen LogP) is 2.07. The third-order valence-electron chi connectivity index (χ3n) is 4.47. The molecule has 0 amide bonds. The lowest BCUT2D eigenvalue weighted by Crippen LogP contribution is -2.33. The summed E-state index contributed by atoms with van der Waals surface area (Å²) < 4.78 is 29.9. The molecule has 0 aromatic heterocycles. The maximum absolute atomic E-state index is 12.2. The Labute approximate surface area is 138 Å². The molecule has 0 bridgehead atoms. The normalized spacial score (nSPS) is 27.6. The molecule has 0 spiro atoms. The van der Waals surface area contributed by atoms with Crippen LogP contribution in [0.5, 0.6) is 0 Å². The number of hydrogen-bond donors (Lipinski definition) is 1. The Balaban J connectivity index is 2.43. The summed E-state index contributed by atoms with van der Waals surface area (Å²) in [5.41, 5.74) is 7.32. The number of rotatable bonds is 7. The second-order valence-electron chi connectivity index (χ2n) is 5.86.